The van der Waals surface area contributed by atoms with Gasteiger partial charge in [-0.2, -0.15) is 0 Å². The van der Waals surface area contributed by atoms with E-state index < -0.39 is 0 Å². The first-order valence-corrected chi connectivity index (χ1v) is 7.96. The summed E-state index contributed by atoms with van der Waals surface area (Å²) in [5, 5.41) is 0.565. The molecule has 2 rings (SSSR count). The minimum absolute atomic E-state index is 0.161. The Morgan fingerprint density at radius 3 is 2.16 bits per heavy atom. The SMILES string of the molecule is Cc1cc(C)c(C(Cl)c2cc(Cl)ccc2I)c(C)c1. The highest BCUT2D eigenvalue weighted by Gasteiger charge is 2.18. The summed E-state index contributed by atoms with van der Waals surface area (Å²) >= 11 is 15.1. The quantitative estimate of drug-likeness (QED) is 0.413. The number of alkyl halides is 1. The zero-order valence-electron chi connectivity index (χ0n) is 11.1. The molecule has 1 unspecified atom stereocenters. The molecule has 0 radical (unpaired) electrons. The maximum Gasteiger partial charge on any atom is 0.0851 e. The summed E-state index contributed by atoms with van der Waals surface area (Å²) in [5.74, 6) is 0. The van der Waals surface area contributed by atoms with Gasteiger partial charge in [0.15, 0.2) is 0 Å². The molecule has 3 heteroatoms. The van der Waals surface area contributed by atoms with Crippen LogP contribution in [0, 0.1) is 24.3 Å². The van der Waals surface area contributed by atoms with Gasteiger partial charge in [0.2, 0.25) is 0 Å². The van der Waals surface area contributed by atoms with Crippen LogP contribution in [0.3, 0.4) is 0 Å². The number of halogens is 3. The fourth-order valence-electron chi connectivity index (χ4n) is 2.46. The van der Waals surface area contributed by atoms with Crippen LogP contribution in [0.15, 0.2) is 30.3 Å². The van der Waals surface area contributed by atoms with Crippen molar-refractivity contribution in [3.05, 3.63) is 66.7 Å². The van der Waals surface area contributed by atoms with Gasteiger partial charge >= 0.3 is 0 Å². The van der Waals surface area contributed by atoms with Crippen molar-refractivity contribution in [2.24, 2.45) is 0 Å². The lowest BCUT2D eigenvalue weighted by Crippen LogP contribution is -2.02. The van der Waals surface area contributed by atoms with Crippen LogP contribution in [0.1, 0.15) is 33.2 Å². The highest BCUT2D eigenvalue weighted by molar-refractivity contribution is 14.1. The van der Waals surface area contributed by atoms with Crippen LogP contribution in [-0.2, 0) is 0 Å². The fraction of sp³-hybridized carbons (Fsp3) is 0.250. The van der Waals surface area contributed by atoms with Gasteiger partial charge in [-0.15, -0.1) is 11.6 Å². The van der Waals surface area contributed by atoms with E-state index in [4.69, 9.17) is 23.2 Å². The molecule has 0 bridgehead atoms. The predicted molar refractivity (Wildman–Crippen MR) is 92.5 cm³/mol. The third-order valence-electron chi connectivity index (χ3n) is 3.22. The molecule has 0 aliphatic carbocycles. The minimum atomic E-state index is -0.161. The number of hydrogen-bond acceptors (Lipinski definition) is 0. The molecule has 2 aromatic carbocycles. The topological polar surface area (TPSA) is 0 Å². The molecule has 0 saturated carbocycles. The number of hydrogen-bond donors (Lipinski definition) is 0. The molecule has 0 heterocycles. The van der Waals surface area contributed by atoms with Gasteiger partial charge in [-0.3, -0.25) is 0 Å². The van der Waals surface area contributed by atoms with Crippen LogP contribution in [0.5, 0.6) is 0 Å². The van der Waals surface area contributed by atoms with Gasteiger partial charge in [-0.25, -0.2) is 0 Å². The van der Waals surface area contributed by atoms with E-state index >= 15 is 0 Å². The summed E-state index contributed by atoms with van der Waals surface area (Å²) in [6, 6.07) is 10.2. The first-order valence-electron chi connectivity index (χ1n) is 6.07. The van der Waals surface area contributed by atoms with Crippen molar-refractivity contribution in [1.29, 1.82) is 0 Å². The van der Waals surface area contributed by atoms with E-state index in [-0.39, 0.29) is 5.38 Å². The van der Waals surface area contributed by atoms with E-state index in [1.54, 1.807) is 0 Å². The smallest absolute Gasteiger partial charge is 0.0851 e. The first-order chi connectivity index (χ1) is 8.90. The monoisotopic (exact) mass is 404 g/mol. The van der Waals surface area contributed by atoms with Gasteiger partial charge in [0.25, 0.3) is 0 Å². The van der Waals surface area contributed by atoms with Gasteiger partial charge < -0.3 is 0 Å². The Kier molecular flexibility index (Phi) is 4.80. The van der Waals surface area contributed by atoms with E-state index in [0.29, 0.717) is 0 Å². The number of aryl methyl sites for hydroxylation is 3. The molecule has 2 aromatic rings. The maximum atomic E-state index is 6.71. The average molecular weight is 405 g/mol. The average Bonchev–Trinajstić information content (AvgIpc) is 2.30. The highest BCUT2D eigenvalue weighted by Crippen LogP contribution is 2.37. The Hall–Kier alpha value is -0.250. The van der Waals surface area contributed by atoms with Crippen molar-refractivity contribution in [2.75, 3.05) is 0 Å². The van der Waals surface area contributed by atoms with Crippen molar-refractivity contribution in [3.8, 4) is 0 Å². The van der Waals surface area contributed by atoms with Gasteiger partial charge in [-0.05, 0) is 83.8 Å². The standard InChI is InChI=1S/C16H15Cl2I/c1-9-6-10(2)15(11(3)7-9)16(18)13-8-12(17)4-5-14(13)19/h4-8,16H,1-3H3. The molecule has 0 fully saturated rings. The summed E-state index contributed by atoms with van der Waals surface area (Å²) in [6.45, 7) is 6.33. The fourth-order valence-corrected chi connectivity index (χ4v) is 3.99. The summed E-state index contributed by atoms with van der Waals surface area (Å²) in [7, 11) is 0. The van der Waals surface area contributed by atoms with Crippen molar-refractivity contribution >= 4 is 45.8 Å². The second-order valence-electron chi connectivity index (χ2n) is 4.84. The lowest BCUT2D eigenvalue weighted by atomic mass is 9.94. The van der Waals surface area contributed by atoms with Crippen LogP contribution in [0.4, 0.5) is 0 Å². The Labute approximate surface area is 138 Å². The highest BCUT2D eigenvalue weighted by atomic mass is 127. The first kappa shape index (κ1) is 15.1. The second-order valence-corrected chi connectivity index (χ2v) is 6.88. The minimum Gasteiger partial charge on any atom is -0.113 e. The summed E-state index contributed by atoms with van der Waals surface area (Å²) in [5.41, 5.74) is 5.99. The molecule has 0 saturated heterocycles. The normalized spacial score (nSPS) is 12.5. The van der Waals surface area contributed by atoms with E-state index in [9.17, 15) is 0 Å². The molecule has 0 aliphatic heterocycles. The Bertz CT molecular complexity index is 597. The van der Waals surface area contributed by atoms with Crippen molar-refractivity contribution in [2.45, 2.75) is 26.1 Å². The molecule has 0 spiro atoms. The summed E-state index contributed by atoms with van der Waals surface area (Å²) < 4.78 is 1.14. The number of rotatable bonds is 2. The van der Waals surface area contributed by atoms with Crippen molar-refractivity contribution in [3.63, 3.8) is 0 Å². The maximum absolute atomic E-state index is 6.71. The molecule has 0 amide bonds. The summed E-state index contributed by atoms with van der Waals surface area (Å²) in [6.07, 6.45) is 0. The van der Waals surface area contributed by atoms with Gasteiger partial charge in [0, 0.05) is 8.59 Å². The molecule has 100 valence electrons. The Morgan fingerprint density at radius 1 is 1.00 bits per heavy atom. The molecule has 19 heavy (non-hydrogen) atoms. The lowest BCUT2D eigenvalue weighted by Gasteiger charge is -2.18. The molecular weight excluding hydrogens is 390 g/mol. The Morgan fingerprint density at radius 2 is 1.58 bits per heavy atom. The molecule has 0 nitrogen and oxygen atoms in total. The largest absolute Gasteiger partial charge is 0.113 e. The predicted octanol–water partition coefficient (Wildman–Crippen LogP) is 6.20. The molecular formula is C16H15Cl2I. The van der Waals surface area contributed by atoms with Crippen LogP contribution in [0.25, 0.3) is 0 Å². The lowest BCUT2D eigenvalue weighted by molar-refractivity contribution is 1.07. The van der Waals surface area contributed by atoms with Crippen LogP contribution < -0.4 is 0 Å². The van der Waals surface area contributed by atoms with E-state index in [2.05, 4.69) is 55.5 Å². The van der Waals surface area contributed by atoms with Gasteiger partial charge in [0.05, 0.1) is 5.38 Å². The van der Waals surface area contributed by atoms with E-state index in [1.807, 2.05) is 18.2 Å². The third kappa shape index (κ3) is 3.26. The zero-order chi connectivity index (χ0) is 14.2. The summed E-state index contributed by atoms with van der Waals surface area (Å²) in [4.78, 5) is 0. The third-order valence-corrected chi connectivity index (χ3v) is 4.89. The van der Waals surface area contributed by atoms with Crippen LogP contribution >= 0.6 is 45.8 Å². The van der Waals surface area contributed by atoms with Gasteiger partial charge in [-0.1, -0.05) is 29.3 Å². The second kappa shape index (κ2) is 6.02. The molecule has 0 N–H and O–H groups in total. The molecule has 1 atom stereocenters. The zero-order valence-corrected chi connectivity index (χ0v) is 14.8. The van der Waals surface area contributed by atoms with E-state index in [1.165, 1.54) is 22.3 Å². The van der Waals surface area contributed by atoms with Crippen LogP contribution in [0.2, 0.25) is 5.02 Å². The molecule has 0 aliphatic rings. The van der Waals surface area contributed by atoms with Crippen LogP contribution in [-0.4, -0.2) is 0 Å². The van der Waals surface area contributed by atoms with Crippen molar-refractivity contribution < 1.29 is 0 Å². The Balaban J connectivity index is 2.56. The number of benzene rings is 2. The molecule has 0 aromatic heterocycles. The van der Waals surface area contributed by atoms with E-state index in [0.717, 1.165) is 14.2 Å². The van der Waals surface area contributed by atoms with Gasteiger partial charge in [0.1, 0.15) is 0 Å². The van der Waals surface area contributed by atoms with Crippen molar-refractivity contribution in [1.82, 2.24) is 0 Å².